The van der Waals surface area contributed by atoms with Gasteiger partial charge in [0.15, 0.2) is 0 Å². The molecule has 0 fully saturated rings. The zero-order valence-corrected chi connectivity index (χ0v) is 11.1. The molecule has 106 valence electrons. The van der Waals surface area contributed by atoms with Crippen molar-refractivity contribution in [2.75, 3.05) is 5.73 Å². The summed E-state index contributed by atoms with van der Waals surface area (Å²) in [5, 5.41) is 0. The highest BCUT2D eigenvalue weighted by molar-refractivity contribution is 7.89. The Balaban J connectivity index is 2.19. The van der Waals surface area contributed by atoms with Crippen molar-refractivity contribution >= 4 is 15.7 Å². The second kappa shape index (κ2) is 5.56. The van der Waals surface area contributed by atoms with Gasteiger partial charge in [-0.3, -0.25) is 0 Å². The number of benzene rings is 2. The van der Waals surface area contributed by atoms with Crippen LogP contribution in [0.1, 0.15) is 5.56 Å². The predicted octanol–water partition coefficient (Wildman–Crippen LogP) is 2.03. The van der Waals surface area contributed by atoms with Crippen LogP contribution >= 0.6 is 0 Å². The molecule has 0 spiro atoms. The van der Waals surface area contributed by atoms with Crippen molar-refractivity contribution in [1.29, 1.82) is 0 Å². The lowest BCUT2D eigenvalue weighted by molar-refractivity contribution is 0.545. The first-order chi connectivity index (χ1) is 9.38. The molecule has 7 heteroatoms. The Kier molecular flexibility index (Phi) is 4.01. The van der Waals surface area contributed by atoms with E-state index >= 15 is 0 Å². The third-order valence-electron chi connectivity index (χ3n) is 2.63. The first-order valence-electron chi connectivity index (χ1n) is 5.67. The number of anilines is 1. The SMILES string of the molecule is Nc1ccc(CNS(=O)(=O)c2cc(F)ccc2F)cc1. The summed E-state index contributed by atoms with van der Waals surface area (Å²) in [6.07, 6.45) is 0. The maximum absolute atomic E-state index is 13.4. The number of rotatable bonds is 4. The topological polar surface area (TPSA) is 72.2 Å². The number of nitrogens with one attached hydrogen (secondary N) is 1. The number of nitrogen functional groups attached to an aromatic ring is 1. The molecule has 0 saturated heterocycles. The fourth-order valence-electron chi connectivity index (χ4n) is 1.57. The molecule has 0 aliphatic carbocycles. The van der Waals surface area contributed by atoms with Crippen molar-refractivity contribution in [3.8, 4) is 0 Å². The highest BCUT2D eigenvalue weighted by Crippen LogP contribution is 2.16. The van der Waals surface area contributed by atoms with Crippen LogP contribution in [0.3, 0.4) is 0 Å². The molecule has 0 aliphatic heterocycles. The van der Waals surface area contributed by atoms with Crippen LogP contribution in [0.5, 0.6) is 0 Å². The van der Waals surface area contributed by atoms with Crippen molar-refractivity contribution in [1.82, 2.24) is 4.72 Å². The molecule has 2 rings (SSSR count). The van der Waals surface area contributed by atoms with Crippen LogP contribution in [-0.4, -0.2) is 8.42 Å². The molecule has 2 aromatic rings. The summed E-state index contributed by atoms with van der Waals surface area (Å²) in [6, 6.07) is 8.78. The molecule has 0 bridgehead atoms. The molecule has 0 unspecified atom stereocenters. The van der Waals surface area contributed by atoms with E-state index in [9.17, 15) is 17.2 Å². The summed E-state index contributed by atoms with van der Waals surface area (Å²) in [4.78, 5) is -0.715. The van der Waals surface area contributed by atoms with Crippen molar-refractivity contribution in [2.45, 2.75) is 11.4 Å². The molecule has 0 aliphatic rings. The highest BCUT2D eigenvalue weighted by Gasteiger charge is 2.19. The van der Waals surface area contributed by atoms with E-state index in [4.69, 9.17) is 5.73 Å². The molecular weight excluding hydrogens is 286 g/mol. The largest absolute Gasteiger partial charge is 0.399 e. The summed E-state index contributed by atoms with van der Waals surface area (Å²) >= 11 is 0. The Morgan fingerprint density at radius 2 is 1.70 bits per heavy atom. The smallest absolute Gasteiger partial charge is 0.243 e. The Labute approximate surface area is 115 Å². The average molecular weight is 298 g/mol. The molecule has 0 heterocycles. The second-order valence-electron chi connectivity index (χ2n) is 4.14. The van der Waals surface area contributed by atoms with E-state index in [1.165, 1.54) is 0 Å². The standard InChI is InChI=1S/C13H12F2N2O2S/c14-10-3-6-12(15)13(7-10)20(18,19)17-8-9-1-4-11(16)5-2-9/h1-7,17H,8,16H2. The molecule has 0 aromatic heterocycles. The van der Waals surface area contributed by atoms with Gasteiger partial charge in [0.1, 0.15) is 16.5 Å². The minimum Gasteiger partial charge on any atom is -0.399 e. The summed E-state index contributed by atoms with van der Waals surface area (Å²) in [5.74, 6) is -1.82. The van der Waals surface area contributed by atoms with Gasteiger partial charge in [0.25, 0.3) is 0 Å². The zero-order valence-electron chi connectivity index (χ0n) is 10.3. The van der Waals surface area contributed by atoms with Crippen molar-refractivity contribution in [2.24, 2.45) is 0 Å². The van der Waals surface area contributed by atoms with Crippen molar-refractivity contribution in [3.63, 3.8) is 0 Å². The summed E-state index contributed by atoms with van der Waals surface area (Å²) < 4.78 is 52.5. The van der Waals surface area contributed by atoms with E-state index in [-0.39, 0.29) is 6.54 Å². The summed E-state index contributed by atoms with van der Waals surface area (Å²) in [5.41, 5.74) is 6.71. The Morgan fingerprint density at radius 1 is 1.05 bits per heavy atom. The Bertz CT molecular complexity index is 716. The molecule has 0 radical (unpaired) electrons. The van der Waals surface area contributed by atoms with Crippen LogP contribution in [-0.2, 0) is 16.6 Å². The molecule has 2 aromatic carbocycles. The zero-order chi connectivity index (χ0) is 14.8. The van der Waals surface area contributed by atoms with E-state index in [1.54, 1.807) is 24.3 Å². The summed E-state index contributed by atoms with van der Waals surface area (Å²) in [7, 11) is -4.12. The van der Waals surface area contributed by atoms with E-state index < -0.39 is 26.6 Å². The molecule has 3 N–H and O–H groups in total. The normalized spacial score (nSPS) is 11.5. The molecule has 0 amide bonds. The van der Waals surface area contributed by atoms with E-state index in [0.29, 0.717) is 17.3 Å². The number of hydrogen-bond donors (Lipinski definition) is 2. The molecular formula is C13H12F2N2O2S. The van der Waals surface area contributed by atoms with E-state index in [0.717, 1.165) is 12.1 Å². The number of nitrogens with two attached hydrogens (primary N) is 1. The van der Waals surface area contributed by atoms with Crippen LogP contribution in [0.25, 0.3) is 0 Å². The Morgan fingerprint density at radius 3 is 2.35 bits per heavy atom. The maximum Gasteiger partial charge on any atom is 0.243 e. The third kappa shape index (κ3) is 3.31. The maximum atomic E-state index is 13.4. The third-order valence-corrected chi connectivity index (χ3v) is 4.05. The lowest BCUT2D eigenvalue weighted by Gasteiger charge is -2.08. The fourth-order valence-corrected chi connectivity index (χ4v) is 2.68. The minimum absolute atomic E-state index is 0.0431. The van der Waals surface area contributed by atoms with E-state index in [1.807, 2.05) is 0 Å². The van der Waals surface area contributed by atoms with Crippen LogP contribution in [0.2, 0.25) is 0 Å². The first kappa shape index (κ1) is 14.4. The van der Waals surface area contributed by atoms with Gasteiger partial charge < -0.3 is 5.73 Å². The average Bonchev–Trinajstić information content (AvgIpc) is 2.41. The van der Waals surface area contributed by atoms with Gasteiger partial charge in [0.05, 0.1) is 0 Å². The molecule has 0 saturated carbocycles. The van der Waals surface area contributed by atoms with Crippen LogP contribution in [0.4, 0.5) is 14.5 Å². The monoisotopic (exact) mass is 298 g/mol. The van der Waals surface area contributed by atoms with Gasteiger partial charge in [-0.1, -0.05) is 12.1 Å². The number of sulfonamides is 1. The predicted molar refractivity (Wildman–Crippen MR) is 71.2 cm³/mol. The van der Waals surface area contributed by atoms with Crippen LogP contribution in [0.15, 0.2) is 47.4 Å². The van der Waals surface area contributed by atoms with Gasteiger partial charge in [0.2, 0.25) is 10.0 Å². The van der Waals surface area contributed by atoms with Crippen LogP contribution < -0.4 is 10.5 Å². The lowest BCUT2D eigenvalue weighted by Crippen LogP contribution is -2.24. The summed E-state index contributed by atoms with van der Waals surface area (Å²) in [6.45, 7) is -0.0431. The van der Waals surface area contributed by atoms with Gasteiger partial charge in [-0.15, -0.1) is 0 Å². The molecule has 20 heavy (non-hydrogen) atoms. The van der Waals surface area contributed by atoms with Crippen molar-refractivity contribution in [3.05, 3.63) is 59.7 Å². The molecule has 0 atom stereocenters. The van der Waals surface area contributed by atoms with Gasteiger partial charge >= 0.3 is 0 Å². The Hall–Kier alpha value is -1.99. The first-order valence-corrected chi connectivity index (χ1v) is 7.16. The van der Waals surface area contributed by atoms with Gasteiger partial charge in [-0.25, -0.2) is 21.9 Å². The van der Waals surface area contributed by atoms with Gasteiger partial charge in [-0.05, 0) is 35.9 Å². The minimum atomic E-state index is -4.12. The van der Waals surface area contributed by atoms with Crippen molar-refractivity contribution < 1.29 is 17.2 Å². The number of hydrogen-bond acceptors (Lipinski definition) is 3. The lowest BCUT2D eigenvalue weighted by atomic mass is 10.2. The fraction of sp³-hybridized carbons (Fsp3) is 0.0769. The molecule has 4 nitrogen and oxygen atoms in total. The van der Waals surface area contributed by atoms with E-state index in [2.05, 4.69) is 4.72 Å². The second-order valence-corrected chi connectivity index (χ2v) is 5.88. The number of halogens is 2. The van der Waals surface area contributed by atoms with Crippen LogP contribution in [0, 0.1) is 11.6 Å². The van der Waals surface area contributed by atoms with Gasteiger partial charge in [-0.2, -0.15) is 0 Å². The van der Waals surface area contributed by atoms with Gasteiger partial charge in [0, 0.05) is 12.2 Å². The highest BCUT2D eigenvalue weighted by atomic mass is 32.2. The quantitative estimate of drug-likeness (QED) is 0.848.